The molecule has 1 aliphatic rings. The number of carbonyl (C=O) groups is 1. The molecule has 1 heteroatoms. The summed E-state index contributed by atoms with van der Waals surface area (Å²) in [6.45, 7) is 10.9. The van der Waals surface area contributed by atoms with Crippen molar-refractivity contribution in [3.63, 3.8) is 0 Å². The van der Waals surface area contributed by atoms with E-state index in [9.17, 15) is 4.79 Å². The van der Waals surface area contributed by atoms with Crippen LogP contribution in [0.2, 0.25) is 0 Å². The molecule has 0 aromatic rings. The lowest BCUT2D eigenvalue weighted by Crippen LogP contribution is -2.36. The quantitative estimate of drug-likeness (QED) is 0.471. The zero-order valence-corrected chi connectivity index (χ0v) is 8.97. The van der Waals surface area contributed by atoms with Crippen molar-refractivity contribution in [2.75, 3.05) is 0 Å². The second kappa shape index (κ2) is 3.65. The minimum atomic E-state index is 0.246. The first-order chi connectivity index (χ1) is 6.00. The standard InChI is InChI=1S/C12H20O/c1-9-5-6-10(2)12(3,4)11(9)7-8-13/h8,10-11H,1,5-7H2,2-4H3/t10-,11+/m1/s1. The van der Waals surface area contributed by atoms with E-state index in [0.29, 0.717) is 18.3 Å². The zero-order chi connectivity index (χ0) is 10.1. The third-order valence-corrected chi connectivity index (χ3v) is 3.89. The van der Waals surface area contributed by atoms with Gasteiger partial charge in [0.2, 0.25) is 0 Å². The van der Waals surface area contributed by atoms with E-state index in [-0.39, 0.29) is 5.41 Å². The fourth-order valence-corrected chi connectivity index (χ4v) is 2.38. The van der Waals surface area contributed by atoms with Crippen molar-refractivity contribution in [1.29, 1.82) is 0 Å². The first kappa shape index (κ1) is 10.5. The Morgan fingerprint density at radius 1 is 1.62 bits per heavy atom. The van der Waals surface area contributed by atoms with E-state index in [4.69, 9.17) is 0 Å². The lowest BCUT2D eigenvalue weighted by Gasteiger charge is -2.44. The van der Waals surface area contributed by atoms with Crippen molar-refractivity contribution in [3.05, 3.63) is 12.2 Å². The molecule has 0 aromatic carbocycles. The molecule has 0 heterocycles. The van der Waals surface area contributed by atoms with Crippen molar-refractivity contribution in [2.45, 2.75) is 40.0 Å². The van der Waals surface area contributed by atoms with Crippen molar-refractivity contribution in [1.82, 2.24) is 0 Å². The van der Waals surface area contributed by atoms with Gasteiger partial charge >= 0.3 is 0 Å². The Bertz CT molecular complexity index is 215. The minimum Gasteiger partial charge on any atom is -0.303 e. The molecule has 0 saturated heterocycles. The maximum absolute atomic E-state index is 10.6. The van der Waals surface area contributed by atoms with E-state index in [0.717, 1.165) is 12.7 Å². The van der Waals surface area contributed by atoms with Gasteiger partial charge < -0.3 is 4.79 Å². The Morgan fingerprint density at radius 2 is 2.23 bits per heavy atom. The molecule has 1 rings (SSSR count). The van der Waals surface area contributed by atoms with Crippen LogP contribution in [0.15, 0.2) is 12.2 Å². The molecule has 1 saturated carbocycles. The molecular weight excluding hydrogens is 160 g/mol. The molecule has 0 radical (unpaired) electrons. The molecule has 0 N–H and O–H groups in total. The smallest absolute Gasteiger partial charge is 0.120 e. The first-order valence-electron chi connectivity index (χ1n) is 5.11. The van der Waals surface area contributed by atoms with Crippen LogP contribution in [0.1, 0.15) is 40.0 Å². The number of allylic oxidation sites excluding steroid dienone is 1. The first-order valence-corrected chi connectivity index (χ1v) is 5.11. The van der Waals surface area contributed by atoms with Gasteiger partial charge in [0.15, 0.2) is 0 Å². The van der Waals surface area contributed by atoms with Crippen LogP contribution < -0.4 is 0 Å². The molecule has 0 unspecified atom stereocenters. The summed E-state index contributed by atoms with van der Waals surface area (Å²) >= 11 is 0. The summed E-state index contributed by atoms with van der Waals surface area (Å²) in [5.41, 5.74) is 1.52. The molecule has 0 amide bonds. The number of rotatable bonds is 2. The van der Waals surface area contributed by atoms with Gasteiger partial charge in [0, 0.05) is 6.42 Å². The zero-order valence-electron chi connectivity index (χ0n) is 8.97. The maximum Gasteiger partial charge on any atom is 0.120 e. The number of hydrogen-bond acceptors (Lipinski definition) is 1. The average molecular weight is 180 g/mol. The summed E-state index contributed by atoms with van der Waals surface area (Å²) < 4.78 is 0. The van der Waals surface area contributed by atoms with Gasteiger partial charge in [0.05, 0.1) is 0 Å². The number of hydrogen-bond donors (Lipinski definition) is 0. The monoisotopic (exact) mass is 180 g/mol. The average Bonchev–Trinajstić information content (AvgIpc) is 2.06. The second-order valence-electron chi connectivity index (χ2n) is 4.87. The predicted octanol–water partition coefficient (Wildman–Crippen LogP) is 3.20. The predicted molar refractivity (Wildman–Crippen MR) is 55.5 cm³/mol. The van der Waals surface area contributed by atoms with Gasteiger partial charge in [-0.25, -0.2) is 0 Å². The molecule has 13 heavy (non-hydrogen) atoms. The molecule has 1 nitrogen and oxygen atoms in total. The van der Waals surface area contributed by atoms with Gasteiger partial charge in [0.25, 0.3) is 0 Å². The minimum absolute atomic E-state index is 0.246. The molecule has 74 valence electrons. The third-order valence-electron chi connectivity index (χ3n) is 3.89. The van der Waals surface area contributed by atoms with Gasteiger partial charge in [-0.2, -0.15) is 0 Å². The highest BCUT2D eigenvalue weighted by Gasteiger charge is 2.39. The molecule has 1 fully saturated rings. The highest BCUT2D eigenvalue weighted by molar-refractivity contribution is 5.51. The van der Waals surface area contributed by atoms with Crippen LogP contribution in [0.3, 0.4) is 0 Å². The van der Waals surface area contributed by atoms with Crippen LogP contribution in [-0.4, -0.2) is 6.29 Å². The second-order valence-corrected chi connectivity index (χ2v) is 4.87. The Balaban J connectivity index is 2.84. The van der Waals surface area contributed by atoms with E-state index in [2.05, 4.69) is 27.4 Å². The lowest BCUT2D eigenvalue weighted by atomic mass is 9.60. The summed E-state index contributed by atoms with van der Waals surface area (Å²) in [6.07, 6.45) is 4.01. The SMILES string of the molecule is C=C1CC[C@@H](C)C(C)(C)[C@H]1CC=O. The van der Waals surface area contributed by atoms with E-state index < -0.39 is 0 Å². The Hall–Kier alpha value is -0.590. The molecule has 2 atom stereocenters. The summed E-state index contributed by atoms with van der Waals surface area (Å²) in [4.78, 5) is 10.6. The largest absolute Gasteiger partial charge is 0.303 e. The highest BCUT2D eigenvalue weighted by Crippen LogP contribution is 2.47. The lowest BCUT2D eigenvalue weighted by molar-refractivity contribution is -0.109. The topological polar surface area (TPSA) is 17.1 Å². The van der Waals surface area contributed by atoms with E-state index in [1.165, 1.54) is 12.0 Å². The van der Waals surface area contributed by atoms with Crippen molar-refractivity contribution < 1.29 is 4.79 Å². The van der Waals surface area contributed by atoms with Gasteiger partial charge in [0.1, 0.15) is 6.29 Å². The van der Waals surface area contributed by atoms with E-state index in [1.54, 1.807) is 0 Å². The fourth-order valence-electron chi connectivity index (χ4n) is 2.38. The van der Waals surface area contributed by atoms with Crippen LogP contribution in [0, 0.1) is 17.3 Å². The summed E-state index contributed by atoms with van der Waals surface area (Å²) in [5.74, 6) is 1.09. The molecule has 0 aliphatic heterocycles. The van der Waals surface area contributed by atoms with Crippen LogP contribution in [-0.2, 0) is 4.79 Å². The van der Waals surface area contributed by atoms with Gasteiger partial charge in [-0.3, -0.25) is 0 Å². The molecule has 0 spiro atoms. The van der Waals surface area contributed by atoms with E-state index in [1.807, 2.05) is 0 Å². The fraction of sp³-hybridized carbons (Fsp3) is 0.750. The Morgan fingerprint density at radius 3 is 2.77 bits per heavy atom. The van der Waals surface area contributed by atoms with Crippen molar-refractivity contribution >= 4 is 6.29 Å². The summed E-state index contributed by atoms with van der Waals surface area (Å²) in [6, 6.07) is 0. The van der Waals surface area contributed by atoms with Crippen LogP contribution in [0.5, 0.6) is 0 Å². The summed E-state index contributed by atoms with van der Waals surface area (Å²) in [7, 11) is 0. The van der Waals surface area contributed by atoms with Crippen LogP contribution in [0.4, 0.5) is 0 Å². The molecule has 0 bridgehead atoms. The number of carbonyl (C=O) groups excluding carboxylic acids is 1. The van der Waals surface area contributed by atoms with Crippen LogP contribution >= 0.6 is 0 Å². The Labute approximate surface area is 81.2 Å². The normalized spacial score (nSPS) is 33.0. The van der Waals surface area contributed by atoms with Gasteiger partial charge in [-0.1, -0.05) is 32.9 Å². The van der Waals surface area contributed by atoms with E-state index >= 15 is 0 Å². The molecular formula is C12H20O. The highest BCUT2D eigenvalue weighted by atomic mass is 16.1. The molecule has 1 aliphatic carbocycles. The van der Waals surface area contributed by atoms with Crippen molar-refractivity contribution in [3.8, 4) is 0 Å². The molecule has 0 aromatic heterocycles. The Kier molecular flexibility index (Phi) is 2.94. The summed E-state index contributed by atoms with van der Waals surface area (Å²) in [5, 5.41) is 0. The van der Waals surface area contributed by atoms with Crippen LogP contribution in [0.25, 0.3) is 0 Å². The maximum atomic E-state index is 10.6. The van der Waals surface area contributed by atoms with Crippen molar-refractivity contribution in [2.24, 2.45) is 17.3 Å². The number of aldehydes is 1. The van der Waals surface area contributed by atoms with Gasteiger partial charge in [-0.15, -0.1) is 0 Å². The van der Waals surface area contributed by atoms with Gasteiger partial charge in [-0.05, 0) is 30.1 Å². The third kappa shape index (κ3) is 1.84.